The first-order valence-corrected chi connectivity index (χ1v) is 10.3. The first kappa shape index (κ1) is 17.0. The molecule has 0 atom stereocenters. The van der Waals surface area contributed by atoms with Gasteiger partial charge in [-0.2, -0.15) is 0 Å². The van der Waals surface area contributed by atoms with Crippen LogP contribution in [0.3, 0.4) is 0 Å². The number of hydrogen-bond donors (Lipinski definition) is 0. The van der Waals surface area contributed by atoms with Crippen molar-refractivity contribution in [2.24, 2.45) is 5.92 Å². The Morgan fingerprint density at radius 2 is 2.24 bits per heavy atom. The number of allylic oxidation sites excluding steroid dienone is 4. The van der Waals surface area contributed by atoms with Crippen molar-refractivity contribution in [2.45, 2.75) is 37.4 Å². The minimum Gasteiger partial charge on any atom is -0.287 e. The largest absolute Gasteiger partial charge is 0.287 e. The summed E-state index contributed by atoms with van der Waals surface area (Å²) in [6, 6.07) is 1.72. The Balaban J connectivity index is 1.89. The maximum Gasteiger partial charge on any atom is 0.266 e. The van der Waals surface area contributed by atoms with Crippen molar-refractivity contribution in [1.29, 1.82) is 0 Å². The molecule has 0 aromatic carbocycles. The van der Waals surface area contributed by atoms with Crippen LogP contribution >= 0.6 is 27.7 Å². The third-order valence-electron chi connectivity index (χ3n) is 4.74. The van der Waals surface area contributed by atoms with Crippen molar-refractivity contribution in [2.75, 3.05) is 6.26 Å². The molecule has 4 rings (SSSR count). The lowest BCUT2D eigenvalue weighted by molar-refractivity contribution is 0.589. The Labute approximate surface area is 157 Å². The molecular formula is C18H17BrFN3OS. The average molecular weight is 422 g/mol. The van der Waals surface area contributed by atoms with E-state index in [1.165, 1.54) is 17.3 Å². The first-order valence-electron chi connectivity index (χ1n) is 8.26. The minimum absolute atomic E-state index is 0.188. The first-order chi connectivity index (χ1) is 12.1. The molecule has 1 saturated carbocycles. The van der Waals surface area contributed by atoms with Crippen LogP contribution in [0.5, 0.6) is 0 Å². The van der Waals surface area contributed by atoms with E-state index in [9.17, 15) is 9.18 Å². The van der Waals surface area contributed by atoms with E-state index in [0.717, 1.165) is 31.1 Å². The number of nitrogens with zero attached hydrogens (tertiary/aromatic N) is 3. The SMILES string of the molecule is CSc1ncc2cc(Br)c(=O)n(CC3=C(C4CC4)CCC=C3F)c2n1. The second-order valence-electron chi connectivity index (χ2n) is 6.39. The van der Waals surface area contributed by atoms with Gasteiger partial charge in [-0.15, -0.1) is 0 Å². The maximum absolute atomic E-state index is 14.6. The molecule has 0 bridgehead atoms. The zero-order chi connectivity index (χ0) is 17.6. The molecule has 0 spiro atoms. The number of aromatic nitrogens is 3. The van der Waals surface area contributed by atoms with Gasteiger partial charge in [-0.1, -0.05) is 17.3 Å². The maximum atomic E-state index is 14.6. The Kier molecular flexibility index (Phi) is 4.54. The summed E-state index contributed by atoms with van der Waals surface area (Å²) in [5.74, 6) is 0.298. The van der Waals surface area contributed by atoms with Crippen LogP contribution in [0.2, 0.25) is 0 Å². The Hall–Kier alpha value is -1.47. The number of halogens is 2. The van der Waals surface area contributed by atoms with Gasteiger partial charge in [-0.3, -0.25) is 9.36 Å². The lowest BCUT2D eigenvalue weighted by Crippen LogP contribution is -2.24. The van der Waals surface area contributed by atoms with Crippen molar-refractivity contribution in [3.8, 4) is 0 Å². The highest BCUT2D eigenvalue weighted by Gasteiger charge is 2.31. The third kappa shape index (κ3) is 3.19. The van der Waals surface area contributed by atoms with Gasteiger partial charge in [0, 0.05) is 17.2 Å². The molecule has 2 aliphatic rings. The van der Waals surface area contributed by atoms with Crippen LogP contribution in [0.25, 0.3) is 11.0 Å². The van der Waals surface area contributed by atoms with Crippen molar-refractivity contribution >= 4 is 38.7 Å². The summed E-state index contributed by atoms with van der Waals surface area (Å²) in [5.41, 5.74) is 2.20. The van der Waals surface area contributed by atoms with Crippen LogP contribution in [0.1, 0.15) is 25.7 Å². The van der Waals surface area contributed by atoms with Gasteiger partial charge in [0.1, 0.15) is 11.5 Å². The average Bonchev–Trinajstić information content (AvgIpc) is 3.44. The van der Waals surface area contributed by atoms with E-state index < -0.39 is 0 Å². The minimum atomic E-state index is -0.195. The molecule has 2 aliphatic carbocycles. The van der Waals surface area contributed by atoms with E-state index in [0.29, 0.717) is 26.8 Å². The highest BCUT2D eigenvalue weighted by molar-refractivity contribution is 9.10. The highest BCUT2D eigenvalue weighted by atomic mass is 79.9. The summed E-state index contributed by atoms with van der Waals surface area (Å²) < 4.78 is 16.6. The molecule has 2 heterocycles. The molecule has 130 valence electrons. The summed E-state index contributed by atoms with van der Waals surface area (Å²) in [6.45, 7) is 0.216. The molecule has 0 amide bonds. The number of fused-ring (bicyclic) bond motifs is 1. The van der Waals surface area contributed by atoms with Crippen LogP contribution in [-0.4, -0.2) is 20.8 Å². The predicted octanol–water partition coefficient (Wildman–Crippen LogP) is 4.63. The van der Waals surface area contributed by atoms with Crippen molar-refractivity contribution in [1.82, 2.24) is 14.5 Å². The quantitative estimate of drug-likeness (QED) is 0.533. The van der Waals surface area contributed by atoms with Crippen LogP contribution in [0.4, 0.5) is 4.39 Å². The third-order valence-corrected chi connectivity index (χ3v) is 5.87. The summed E-state index contributed by atoms with van der Waals surface area (Å²) in [6.07, 6.45) is 9.11. The summed E-state index contributed by atoms with van der Waals surface area (Å²) in [5, 5.41) is 1.36. The van der Waals surface area contributed by atoms with Crippen LogP contribution < -0.4 is 5.56 Å². The molecule has 7 heteroatoms. The van der Waals surface area contributed by atoms with E-state index in [2.05, 4.69) is 25.9 Å². The van der Waals surface area contributed by atoms with E-state index in [1.54, 1.807) is 22.9 Å². The van der Waals surface area contributed by atoms with Crippen molar-refractivity contribution in [3.05, 3.63) is 50.1 Å². The molecule has 2 aromatic rings. The van der Waals surface area contributed by atoms with Crippen LogP contribution in [0, 0.1) is 5.92 Å². The summed E-state index contributed by atoms with van der Waals surface area (Å²) in [4.78, 5) is 21.5. The monoisotopic (exact) mass is 421 g/mol. The lowest BCUT2D eigenvalue weighted by Gasteiger charge is -2.20. The van der Waals surface area contributed by atoms with E-state index in [4.69, 9.17) is 0 Å². The fourth-order valence-electron chi connectivity index (χ4n) is 3.35. The van der Waals surface area contributed by atoms with Gasteiger partial charge in [0.05, 0.1) is 11.0 Å². The second kappa shape index (κ2) is 6.68. The Bertz CT molecular complexity index is 978. The van der Waals surface area contributed by atoms with Gasteiger partial charge in [0.2, 0.25) is 0 Å². The predicted molar refractivity (Wildman–Crippen MR) is 101 cm³/mol. The highest BCUT2D eigenvalue weighted by Crippen LogP contribution is 2.44. The fraction of sp³-hybridized carbons (Fsp3) is 0.389. The molecule has 0 N–H and O–H groups in total. The second-order valence-corrected chi connectivity index (χ2v) is 8.02. The summed E-state index contributed by atoms with van der Waals surface area (Å²) in [7, 11) is 0. The zero-order valence-corrected chi connectivity index (χ0v) is 16.2. The molecule has 0 aliphatic heterocycles. The van der Waals surface area contributed by atoms with Crippen LogP contribution in [-0.2, 0) is 6.54 Å². The van der Waals surface area contributed by atoms with E-state index in [1.807, 2.05) is 6.26 Å². The normalized spacial score (nSPS) is 18.0. The van der Waals surface area contributed by atoms with Gasteiger partial charge < -0.3 is 0 Å². The van der Waals surface area contributed by atoms with Gasteiger partial charge in [0.25, 0.3) is 5.56 Å². The van der Waals surface area contributed by atoms with E-state index in [-0.39, 0.29) is 17.9 Å². The molecule has 25 heavy (non-hydrogen) atoms. The Morgan fingerprint density at radius 3 is 2.96 bits per heavy atom. The van der Waals surface area contributed by atoms with Crippen molar-refractivity contribution < 1.29 is 4.39 Å². The lowest BCUT2D eigenvalue weighted by atomic mass is 9.93. The zero-order valence-electron chi connectivity index (χ0n) is 13.8. The van der Waals surface area contributed by atoms with Gasteiger partial charge in [-0.25, -0.2) is 14.4 Å². The van der Waals surface area contributed by atoms with Crippen LogP contribution in [0.15, 0.2) is 49.7 Å². The summed E-state index contributed by atoms with van der Waals surface area (Å²) >= 11 is 4.74. The van der Waals surface area contributed by atoms with Crippen molar-refractivity contribution in [3.63, 3.8) is 0 Å². The van der Waals surface area contributed by atoms with Gasteiger partial charge in [-0.05, 0) is 65.9 Å². The number of thioether (sulfide) groups is 1. The van der Waals surface area contributed by atoms with Gasteiger partial charge in [0.15, 0.2) is 5.16 Å². The standard InChI is InChI=1S/C18H17BrFN3OS/c1-25-18-21-8-11-7-14(19)17(24)23(16(11)22-18)9-13-12(10-5-6-10)3-2-4-15(13)20/h4,7-8,10H,2-3,5-6,9H2,1H3. The fourth-order valence-corrected chi connectivity index (χ4v) is 4.15. The van der Waals surface area contributed by atoms with E-state index >= 15 is 0 Å². The smallest absolute Gasteiger partial charge is 0.266 e. The number of rotatable bonds is 4. The topological polar surface area (TPSA) is 47.8 Å². The Morgan fingerprint density at radius 1 is 1.44 bits per heavy atom. The number of hydrogen-bond acceptors (Lipinski definition) is 4. The molecule has 4 nitrogen and oxygen atoms in total. The molecule has 2 aromatic heterocycles. The molecular weight excluding hydrogens is 405 g/mol. The molecule has 1 fully saturated rings. The number of pyridine rings is 1. The molecule has 0 saturated heterocycles. The molecule has 0 radical (unpaired) electrons. The van der Waals surface area contributed by atoms with Gasteiger partial charge >= 0.3 is 0 Å². The molecule has 0 unspecified atom stereocenters.